The van der Waals surface area contributed by atoms with Gasteiger partial charge in [0, 0.05) is 12.6 Å². The number of benzene rings is 1. The van der Waals surface area contributed by atoms with Gasteiger partial charge >= 0.3 is 6.36 Å². The van der Waals surface area contributed by atoms with Crippen molar-refractivity contribution in [2.24, 2.45) is 0 Å². The Kier molecular flexibility index (Phi) is 4.81. The van der Waals surface area contributed by atoms with E-state index in [2.05, 4.69) is 23.9 Å². The van der Waals surface area contributed by atoms with Crippen molar-refractivity contribution in [3.63, 3.8) is 0 Å². The molecule has 0 saturated heterocycles. The fourth-order valence-electron chi connectivity index (χ4n) is 1.25. The van der Waals surface area contributed by atoms with E-state index in [1.165, 1.54) is 12.1 Å². The largest absolute Gasteiger partial charge is 0.573 e. The Morgan fingerprint density at radius 2 is 1.82 bits per heavy atom. The molecule has 0 radical (unpaired) electrons. The Morgan fingerprint density at radius 1 is 1.24 bits per heavy atom. The zero-order chi connectivity index (χ0) is 12.9. The summed E-state index contributed by atoms with van der Waals surface area (Å²) in [5.74, 6) is -0.190. The molecule has 5 heteroatoms. The molecule has 0 saturated carbocycles. The Hall–Kier alpha value is -1.23. The van der Waals surface area contributed by atoms with Crippen molar-refractivity contribution in [2.45, 2.75) is 39.2 Å². The van der Waals surface area contributed by atoms with E-state index in [0.717, 1.165) is 12.0 Å². The summed E-state index contributed by atoms with van der Waals surface area (Å²) in [6.45, 7) is 4.76. The monoisotopic (exact) mass is 247 g/mol. The fraction of sp³-hybridized carbons (Fsp3) is 0.500. The summed E-state index contributed by atoms with van der Waals surface area (Å²) in [5, 5.41) is 3.25. The topological polar surface area (TPSA) is 21.3 Å². The van der Waals surface area contributed by atoms with Gasteiger partial charge in [-0.3, -0.25) is 0 Å². The minimum atomic E-state index is -4.63. The van der Waals surface area contributed by atoms with Crippen molar-refractivity contribution >= 4 is 0 Å². The molecule has 96 valence electrons. The first-order chi connectivity index (χ1) is 7.90. The maximum atomic E-state index is 11.9. The van der Waals surface area contributed by atoms with Crippen molar-refractivity contribution in [1.29, 1.82) is 0 Å². The lowest BCUT2D eigenvalue weighted by molar-refractivity contribution is -0.274. The quantitative estimate of drug-likeness (QED) is 0.860. The second-order valence-electron chi connectivity index (χ2n) is 3.88. The van der Waals surface area contributed by atoms with Crippen molar-refractivity contribution in [3.8, 4) is 5.75 Å². The van der Waals surface area contributed by atoms with Crippen molar-refractivity contribution < 1.29 is 17.9 Å². The van der Waals surface area contributed by atoms with E-state index in [-0.39, 0.29) is 5.75 Å². The van der Waals surface area contributed by atoms with Crippen LogP contribution in [0.25, 0.3) is 0 Å². The number of ether oxygens (including phenoxy) is 1. The van der Waals surface area contributed by atoms with Crippen molar-refractivity contribution in [1.82, 2.24) is 5.32 Å². The Morgan fingerprint density at radius 3 is 2.29 bits per heavy atom. The lowest BCUT2D eigenvalue weighted by atomic mass is 10.2. The van der Waals surface area contributed by atoms with Crippen LogP contribution in [0, 0.1) is 0 Å². The van der Waals surface area contributed by atoms with Gasteiger partial charge in [0.25, 0.3) is 0 Å². The van der Waals surface area contributed by atoms with E-state index in [1.54, 1.807) is 12.1 Å². The van der Waals surface area contributed by atoms with Gasteiger partial charge in [-0.25, -0.2) is 0 Å². The van der Waals surface area contributed by atoms with Gasteiger partial charge in [0.05, 0.1) is 0 Å². The second kappa shape index (κ2) is 5.91. The number of halogens is 3. The Bertz CT molecular complexity index is 335. The summed E-state index contributed by atoms with van der Waals surface area (Å²) >= 11 is 0. The van der Waals surface area contributed by atoms with E-state index in [4.69, 9.17) is 0 Å². The molecule has 2 nitrogen and oxygen atoms in total. The van der Waals surface area contributed by atoms with Crippen LogP contribution in [0.5, 0.6) is 5.75 Å². The molecular formula is C12H16F3NO. The lowest BCUT2D eigenvalue weighted by Gasteiger charge is -2.12. The summed E-state index contributed by atoms with van der Waals surface area (Å²) in [5.41, 5.74) is 0.930. The maximum Gasteiger partial charge on any atom is 0.573 e. The van der Waals surface area contributed by atoms with Gasteiger partial charge in [-0.05, 0) is 31.0 Å². The molecule has 0 aliphatic heterocycles. The van der Waals surface area contributed by atoms with E-state index < -0.39 is 6.36 Å². The molecule has 0 aliphatic carbocycles. The molecule has 1 rings (SSSR count). The van der Waals surface area contributed by atoms with Gasteiger partial charge in [0.15, 0.2) is 0 Å². The van der Waals surface area contributed by atoms with Crippen LogP contribution >= 0.6 is 0 Å². The van der Waals surface area contributed by atoms with Crippen molar-refractivity contribution in [3.05, 3.63) is 29.8 Å². The molecule has 1 atom stereocenters. The molecule has 0 aliphatic rings. The molecule has 1 aromatic rings. The summed E-state index contributed by atoms with van der Waals surface area (Å²) in [4.78, 5) is 0. The molecular weight excluding hydrogens is 231 g/mol. The van der Waals surface area contributed by atoms with Gasteiger partial charge in [0.1, 0.15) is 5.75 Å². The molecule has 0 heterocycles. The molecule has 1 N–H and O–H groups in total. The third-order valence-corrected chi connectivity index (χ3v) is 2.42. The summed E-state index contributed by atoms with van der Waals surface area (Å²) in [6.07, 6.45) is -3.62. The Balaban J connectivity index is 2.50. The first-order valence-electron chi connectivity index (χ1n) is 5.49. The number of rotatable bonds is 5. The van der Waals surface area contributed by atoms with Gasteiger partial charge < -0.3 is 10.1 Å². The van der Waals surface area contributed by atoms with Gasteiger partial charge in [-0.2, -0.15) is 0 Å². The molecule has 0 fully saturated rings. The van der Waals surface area contributed by atoms with Crippen molar-refractivity contribution in [2.75, 3.05) is 0 Å². The standard InChI is InChI=1S/C12H16F3NO/c1-3-9(2)16-8-10-4-6-11(7-5-10)17-12(13,14)15/h4-7,9,16H,3,8H2,1-2H3. The second-order valence-corrected chi connectivity index (χ2v) is 3.88. The highest BCUT2D eigenvalue weighted by atomic mass is 19.4. The van der Waals surface area contributed by atoms with Crippen LogP contribution < -0.4 is 10.1 Å². The molecule has 1 unspecified atom stereocenters. The van der Waals surface area contributed by atoms with E-state index in [9.17, 15) is 13.2 Å². The first-order valence-corrected chi connectivity index (χ1v) is 5.49. The van der Waals surface area contributed by atoms with Crippen LogP contribution in [-0.4, -0.2) is 12.4 Å². The minimum Gasteiger partial charge on any atom is -0.406 e. The number of hydrogen-bond donors (Lipinski definition) is 1. The third-order valence-electron chi connectivity index (χ3n) is 2.42. The molecule has 0 spiro atoms. The average molecular weight is 247 g/mol. The van der Waals surface area contributed by atoms with Crippen LogP contribution in [0.15, 0.2) is 24.3 Å². The minimum absolute atomic E-state index is 0.190. The van der Waals surface area contributed by atoms with Crippen LogP contribution in [0.3, 0.4) is 0 Å². The van der Waals surface area contributed by atoms with E-state index >= 15 is 0 Å². The zero-order valence-electron chi connectivity index (χ0n) is 9.84. The predicted octanol–water partition coefficient (Wildman–Crippen LogP) is 3.47. The summed E-state index contributed by atoms with van der Waals surface area (Å²) in [7, 11) is 0. The highest BCUT2D eigenvalue weighted by Crippen LogP contribution is 2.22. The third kappa shape index (κ3) is 5.58. The van der Waals surface area contributed by atoms with E-state index in [0.29, 0.717) is 12.6 Å². The molecule has 0 amide bonds. The molecule has 0 bridgehead atoms. The zero-order valence-corrected chi connectivity index (χ0v) is 9.84. The van der Waals surface area contributed by atoms with Gasteiger partial charge in [0.2, 0.25) is 0 Å². The predicted molar refractivity (Wildman–Crippen MR) is 59.7 cm³/mol. The van der Waals surface area contributed by atoms with Crippen LogP contribution in [0.2, 0.25) is 0 Å². The number of alkyl halides is 3. The molecule has 1 aromatic carbocycles. The average Bonchev–Trinajstić information content (AvgIpc) is 2.25. The van der Waals surface area contributed by atoms with Gasteiger partial charge in [-0.15, -0.1) is 13.2 Å². The number of hydrogen-bond acceptors (Lipinski definition) is 2. The normalized spacial score (nSPS) is 13.5. The highest BCUT2D eigenvalue weighted by Gasteiger charge is 2.30. The van der Waals surface area contributed by atoms with Gasteiger partial charge in [-0.1, -0.05) is 19.1 Å². The summed E-state index contributed by atoms with van der Waals surface area (Å²) < 4.78 is 39.5. The first kappa shape index (κ1) is 13.8. The lowest BCUT2D eigenvalue weighted by Crippen LogP contribution is -2.24. The van der Waals surface area contributed by atoms with E-state index in [1.807, 2.05) is 0 Å². The smallest absolute Gasteiger partial charge is 0.406 e. The highest BCUT2D eigenvalue weighted by molar-refractivity contribution is 5.27. The summed E-state index contributed by atoms with van der Waals surface area (Å²) in [6, 6.07) is 6.27. The molecule has 0 aromatic heterocycles. The van der Waals surface area contributed by atoms with Crippen LogP contribution in [0.1, 0.15) is 25.8 Å². The Labute approximate surface area is 98.8 Å². The number of nitrogens with one attached hydrogen (secondary N) is 1. The van der Waals surface area contributed by atoms with Crippen LogP contribution in [0.4, 0.5) is 13.2 Å². The SMILES string of the molecule is CCC(C)NCc1ccc(OC(F)(F)F)cc1. The fourth-order valence-corrected chi connectivity index (χ4v) is 1.25. The molecule has 17 heavy (non-hydrogen) atoms. The maximum absolute atomic E-state index is 11.9. The van der Waals surface area contributed by atoms with Crippen LogP contribution in [-0.2, 0) is 6.54 Å².